The maximum Gasteiger partial charge on any atom is 0.514 e. The second-order valence-corrected chi connectivity index (χ2v) is 8.94. The molecule has 0 radical (unpaired) electrons. The van der Waals surface area contributed by atoms with Gasteiger partial charge in [0.1, 0.15) is 0 Å². The second-order valence-electron chi connectivity index (χ2n) is 8.94. The highest BCUT2D eigenvalue weighted by Gasteiger charge is 2.52. The summed E-state index contributed by atoms with van der Waals surface area (Å²) >= 11 is 0. The number of hydrogen-bond donors (Lipinski definition) is 0. The SMILES string of the molecule is Cc1ccccc1N(c1ccc(B2OC(C)(C)C(C)(C)O2)nc1)c1ccccc1C. The zero-order chi connectivity index (χ0) is 21.5. The minimum Gasteiger partial charge on any atom is -0.398 e. The Balaban J connectivity index is 1.73. The first-order chi connectivity index (χ1) is 14.2. The first kappa shape index (κ1) is 20.6. The number of nitrogens with zero attached hydrogens (tertiary/aromatic N) is 2. The molecule has 0 N–H and O–H groups in total. The van der Waals surface area contributed by atoms with Crippen molar-refractivity contribution in [2.75, 3.05) is 4.90 Å². The summed E-state index contributed by atoms with van der Waals surface area (Å²) in [5.74, 6) is 0. The van der Waals surface area contributed by atoms with Crippen molar-refractivity contribution in [3.8, 4) is 0 Å². The molecule has 1 saturated heterocycles. The molecular formula is C25H29BN2O2. The molecule has 30 heavy (non-hydrogen) atoms. The van der Waals surface area contributed by atoms with Gasteiger partial charge in [0.05, 0.1) is 28.7 Å². The van der Waals surface area contributed by atoms with Crippen LogP contribution in [0.5, 0.6) is 0 Å². The molecule has 0 aliphatic carbocycles. The van der Waals surface area contributed by atoms with E-state index in [9.17, 15) is 0 Å². The van der Waals surface area contributed by atoms with E-state index in [4.69, 9.17) is 14.3 Å². The van der Waals surface area contributed by atoms with Gasteiger partial charge >= 0.3 is 7.12 Å². The average Bonchev–Trinajstić information content (AvgIpc) is 2.93. The van der Waals surface area contributed by atoms with Crippen LogP contribution < -0.4 is 10.5 Å². The van der Waals surface area contributed by atoms with Crippen LogP contribution in [-0.4, -0.2) is 23.3 Å². The predicted octanol–water partition coefficient (Wildman–Crippen LogP) is 5.47. The molecule has 0 unspecified atom stereocenters. The van der Waals surface area contributed by atoms with E-state index in [2.05, 4.69) is 101 Å². The molecule has 0 spiro atoms. The highest BCUT2D eigenvalue weighted by atomic mass is 16.7. The molecule has 1 aliphatic heterocycles. The first-order valence-corrected chi connectivity index (χ1v) is 10.4. The molecule has 0 atom stereocenters. The molecule has 0 saturated carbocycles. The van der Waals surface area contributed by atoms with Crippen molar-refractivity contribution in [2.45, 2.75) is 52.7 Å². The van der Waals surface area contributed by atoms with E-state index >= 15 is 0 Å². The summed E-state index contributed by atoms with van der Waals surface area (Å²) < 4.78 is 12.3. The average molecular weight is 400 g/mol. The molecule has 0 amide bonds. The Hall–Kier alpha value is -2.63. The molecular weight excluding hydrogens is 371 g/mol. The molecule has 1 aromatic heterocycles. The van der Waals surface area contributed by atoms with E-state index in [1.165, 1.54) is 11.1 Å². The second kappa shape index (κ2) is 7.57. The number of rotatable bonds is 4. The van der Waals surface area contributed by atoms with Gasteiger partial charge in [0.15, 0.2) is 0 Å². The van der Waals surface area contributed by atoms with Crippen LogP contribution in [0.4, 0.5) is 17.1 Å². The van der Waals surface area contributed by atoms with Crippen LogP contribution in [0, 0.1) is 13.8 Å². The Morgan fingerprint density at radius 1 is 0.733 bits per heavy atom. The van der Waals surface area contributed by atoms with Gasteiger partial charge in [-0.2, -0.15) is 0 Å². The third kappa shape index (κ3) is 3.64. The van der Waals surface area contributed by atoms with Gasteiger partial charge in [0.25, 0.3) is 0 Å². The van der Waals surface area contributed by atoms with Crippen molar-refractivity contribution in [2.24, 2.45) is 0 Å². The van der Waals surface area contributed by atoms with Crippen molar-refractivity contribution in [1.82, 2.24) is 4.98 Å². The Labute approximate surface area is 180 Å². The molecule has 5 heteroatoms. The monoisotopic (exact) mass is 400 g/mol. The van der Waals surface area contributed by atoms with Gasteiger partial charge in [-0.05, 0) is 76.9 Å². The van der Waals surface area contributed by atoms with Crippen LogP contribution in [0.3, 0.4) is 0 Å². The van der Waals surface area contributed by atoms with Crippen molar-refractivity contribution in [3.05, 3.63) is 78.0 Å². The lowest BCUT2D eigenvalue weighted by Crippen LogP contribution is -2.41. The van der Waals surface area contributed by atoms with Crippen LogP contribution >= 0.6 is 0 Å². The highest BCUT2D eigenvalue weighted by molar-refractivity contribution is 6.61. The third-order valence-electron chi connectivity index (χ3n) is 6.24. The summed E-state index contributed by atoms with van der Waals surface area (Å²) in [4.78, 5) is 6.99. The summed E-state index contributed by atoms with van der Waals surface area (Å²) in [6.45, 7) is 12.5. The number of anilines is 3. The molecule has 3 aromatic rings. The van der Waals surface area contributed by atoms with Gasteiger partial charge in [-0.3, -0.25) is 4.98 Å². The molecule has 4 nitrogen and oxygen atoms in total. The fourth-order valence-electron chi connectivity index (χ4n) is 3.67. The zero-order valence-corrected chi connectivity index (χ0v) is 18.6. The van der Waals surface area contributed by atoms with Crippen LogP contribution in [-0.2, 0) is 9.31 Å². The molecule has 154 valence electrons. The molecule has 1 aliphatic rings. The lowest BCUT2D eigenvalue weighted by molar-refractivity contribution is 0.00578. The number of benzene rings is 2. The largest absolute Gasteiger partial charge is 0.514 e. The van der Waals surface area contributed by atoms with Crippen molar-refractivity contribution in [1.29, 1.82) is 0 Å². The fraction of sp³-hybridized carbons (Fsp3) is 0.320. The standard InChI is InChI=1S/C25H29BN2O2/c1-18-11-7-9-13-21(18)28(22-14-10-8-12-19(22)2)20-15-16-23(27-17-20)26-29-24(3,4)25(5,6)30-26/h7-17H,1-6H3. The van der Waals surface area contributed by atoms with Crippen LogP contribution in [0.2, 0.25) is 0 Å². The minimum absolute atomic E-state index is 0.383. The van der Waals surface area contributed by atoms with Gasteiger partial charge in [-0.15, -0.1) is 0 Å². The maximum atomic E-state index is 6.16. The van der Waals surface area contributed by atoms with E-state index in [-0.39, 0.29) is 11.2 Å². The summed E-state index contributed by atoms with van der Waals surface area (Å²) in [5.41, 5.74) is 5.70. The maximum absolute atomic E-state index is 6.16. The van der Waals surface area contributed by atoms with E-state index in [0.29, 0.717) is 0 Å². The van der Waals surface area contributed by atoms with Crippen LogP contribution in [0.1, 0.15) is 38.8 Å². The topological polar surface area (TPSA) is 34.6 Å². The molecule has 0 bridgehead atoms. The van der Waals surface area contributed by atoms with Crippen LogP contribution in [0.25, 0.3) is 0 Å². The van der Waals surface area contributed by atoms with Crippen molar-refractivity contribution in [3.63, 3.8) is 0 Å². The van der Waals surface area contributed by atoms with E-state index in [0.717, 1.165) is 22.7 Å². The number of hydrogen-bond acceptors (Lipinski definition) is 4. The molecule has 2 aromatic carbocycles. The number of para-hydroxylation sites is 2. The lowest BCUT2D eigenvalue weighted by Gasteiger charge is -2.32. The fourth-order valence-corrected chi connectivity index (χ4v) is 3.67. The van der Waals surface area contributed by atoms with E-state index < -0.39 is 7.12 Å². The van der Waals surface area contributed by atoms with Crippen LogP contribution in [0.15, 0.2) is 66.9 Å². The highest BCUT2D eigenvalue weighted by Crippen LogP contribution is 2.38. The number of aromatic nitrogens is 1. The normalized spacial score (nSPS) is 17.2. The summed E-state index contributed by atoms with van der Waals surface area (Å²) in [6, 6.07) is 20.9. The zero-order valence-electron chi connectivity index (χ0n) is 18.6. The molecule has 1 fully saturated rings. The van der Waals surface area contributed by atoms with Gasteiger partial charge in [0.2, 0.25) is 0 Å². The number of pyridine rings is 1. The van der Waals surface area contributed by atoms with Gasteiger partial charge in [-0.1, -0.05) is 36.4 Å². The van der Waals surface area contributed by atoms with Gasteiger partial charge in [0, 0.05) is 11.4 Å². The van der Waals surface area contributed by atoms with E-state index in [1.54, 1.807) is 0 Å². The summed E-state index contributed by atoms with van der Waals surface area (Å²) in [5, 5.41) is 0. The first-order valence-electron chi connectivity index (χ1n) is 10.4. The van der Waals surface area contributed by atoms with E-state index in [1.807, 2.05) is 12.3 Å². The predicted molar refractivity (Wildman–Crippen MR) is 124 cm³/mol. The smallest absolute Gasteiger partial charge is 0.398 e. The minimum atomic E-state index is -0.463. The van der Waals surface area contributed by atoms with Gasteiger partial charge < -0.3 is 14.2 Å². The third-order valence-corrected chi connectivity index (χ3v) is 6.24. The summed E-state index contributed by atoms with van der Waals surface area (Å²) in [7, 11) is -0.463. The lowest BCUT2D eigenvalue weighted by atomic mass is 9.84. The van der Waals surface area contributed by atoms with Gasteiger partial charge in [-0.25, -0.2) is 0 Å². The quantitative estimate of drug-likeness (QED) is 0.544. The van der Waals surface area contributed by atoms with Crippen molar-refractivity contribution < 1.29 is 9.31 Å². The Kier molecular flexibility index (Phi) is 5.21. The number of aryl methyl sites for hydroxylation is 2. The van der Waals surface area contributed by atoms with Crippen molar-refractivity contribution >= 4 is 29.8 Å². The Morgan fingerprint density at radius 2 is 1.23 bits per heavy atom. The molecule has 2 heterocycles. The Bertz CT molecular complexity index is 986. The summed E-state index contributed by atoms with van der Waals surface area (Å²) in [6.07, 6.45) is 1.90. The molecule has 4 rings (SSSR count). The Morgan fingerprint density at radius 3 is 1.67 bits per heavy atom.